The van der Waals surface area contributed by atoms with Crippen molar-refractivity contribution in [3.8, 4) is 0 Å². The fourth-order valence-corrected chi connectivity index (χ4v) is 3.65. The molecular formula is C16H31N3O. The van der Waals surface area contributed by atoms with Gasteiger partial charge in [-0.1, -0.05) is 20.8 Å². The highest BCUT2D eigenvalue weighted by Gasteiger charge is 2.31. The molecule has 2 saturated heterocycles. The van der Waals surface area contributed by atoms with E-state index in [9.17, 15) is 4.79 Å². The minimum absolute atomic E-state index is 0.00886. The van der Waals surface area contributed by atoms with E-state index in [1.807, 2.05) is 0 Å². The molecule has 0 saturated carbocycles. The first-order valence-electron chi connectivity index (χ1n) is 8.12. The first kappa shape index (κ1) is 15.8. The molecule has 4 heteroatoms. The zero-order valence-electron chi connectivity index (χ0n) is 13.4. The zero-order valence-corrected chi connectivity index (χ0v) is 13.4. The number of carbonyl (C=O) groups excluding carboxylic acids is 1. The van der Waals surface area contributed by atoms with Crippen molar-refractivity contribution in [2.24, 2.45) is 11.1 Å². The van der Waals surface area contributed by atoms with E-state index < -0.39 is 0 Å². The predicted molar refractivity (Wildman–Crippen MR) is 82.5 cm³/mol. The van der Waals surface area contributed by atoms with Crippen molar-refractivity contribution < 1.29 is 4.79 Å². The van der Waals surface area contributed by atoms with Crippen molar-refractivity contribution in [2.75, 3.05) is 26.2 Å². The van der Waals surface area contributed by atoms with Gasteiger partial charge in [0, 0.05) is 38.1 Å². The molecule has 2 aliphatic heterocycles. The quantitative estimate of drug-likeness (QED) is 0.858. The first-order chi connectivity index (χ1) is 9.35. The van der Waals surface area contributed by atoms with Crippen molar-refractivity contribution in [2.45, 2.75) is 65.0 Å². The molecule has 2 aliphatic rings. The Labute approximate surface area is 123 Å². The van der Waals surface area contributed by atoms with E-state index in [4.69, 9.17) is 5.73 Å². The van der Waals surface area contributed by atoms with Gasteiger partial charge in [0.25, 0.3) is 0 Å². The molecule has 0 aromatic heterocycles. The monoisotopic (exact) mass is 281 g/mol. The van der Waals surface area contributed by atoms with Crippen LogP contribution in [0.1, 0.15) is 52.9 Å². The summed E-state index contributed by atoms with van der Waals surface area (Å²) in [4.78, 5) is 17.1. The van der Waals surface area contributed by atoms with Crippen molar-refractivity contribution in [1.82, 2.24) is 9.80 Å². The molecule has 2 atom stereocenters. The lowest BCUT2D eigenvalue weighted by molar-refractivity contribution is -0.131. The van der Waals surface area contributed by atoms with Gasteiger partial charge in [-0.25, -0.2) is 0 Å². The Morgan fingerprint density at radius 2 is 1.95 bits per heavy atom. The number of nitrogens with two attached hydrogens (primary N) is 1. The van der Waals surface area contributed by atoms with Crippen molar-refractivity contribution in [1.29, 1.82) is 0 Å². The number of rotatable bonds is 3. The third-order valence-electron chi connectivity index (χ3n) is 4.47. The standard InChI is InChI=1S/C16H31N3O/c1-16(2,3)11-13(17)10-15(20)19-9-5-8-18-7-4-6-14(18)12-19/h13-14H,4-12,17H2,1-3H3. The first-order valence-corrected chi connectivity index (χ1v) is 8.12. The van der Waals surface area contributed by atoms with Gasteiger partial charge < -0.3 is 10.6 Å². The van der Waals surface area contributed by atoms with Crippen LogP contribution in [0.3, 0.4) is 0 Å². The topological polar surface area (TPSA) is 49.6 Å². The van der Waals surface area contributed by atoms with Crippen LogP contribution in [0.2, 0.25) is 0 Å². The second kappa shape index (κ2) is 6.44. The van der Waals surface area contributed by atoms with Gasteiger partial charge in [-0.3, -0.25) is 9.69 Å². The van der Waals surface area contributed by atoms with E-state index in [1.165, 1.54) is 19.4 Å². The Morgan fingerprint density at radius 1 is 1.25 bits per heavy atom. The smallest absolute Gasteiger partial charge is 0.224 e. The third kappa shape index (κ3) is 4.45. The van der Waals surface area contributed by atoms with Crippen LogP contribution in [-0.2, 0) is 4.79 Å². The van der Waals surface area contributed by atoms with Crippen LogP contribution >= 0.6 is 0 Å². The van der Waals surface area contributed by atoms with Crippen LogP contribution in [0, 0.1) is 5.41 Å². The summed E-state index contributed by atoms with van der Waals surface area (Å²) in [5, 5.41) is 0. The number of hydrogen-bond acceptors (Lipinski definition) is 3. The van der Waals surface area contributed by atoms with E-state index in [0.29, 0.717) is 12.5 Å². The average Bonchev–Trinajstić information content (AvgIpc) is 2.63. The van der Waals surface area contributed by atoms with Crippen molar-refractivity contribution in [3.63, 3.8) is 0 Å². The largest absolute Gasteiger partial charge is 0.341 e. The molecule has 2 unspecified atom stereocenters. The van der Waals surface area contributed by atoms with Gasteiger partial charge in [0.15, 0.2) is 0 Å². The second-order valence-corrected chi connectivity index (χ2v) is 7.75. The lowest BCUT2D eigenvalue weighted by atomic mass is 9.87. The molecular weight excluding hydrogens is 250 g/mol. The summed E-state index contributed by atoms with van der Waals surface area (Å²) in [5.74, 6) is 0.260. The number of nitrogens with zero attached hydrogens (tertiary/aromatic N) is 2. The molecule has 4 nitrogen and oxygen atoms in total. The highest BCUT2D eigenvalue weighted by atomic mass is 16.2. The molecule has 2 heterocycles. The van der Waals surface area contributed by atoms with Crippen LogP contribution in [0.5, 0.6) is 0 Å². The van der Waals surface area contributed by atoms with E-state index in [0.717, 1.165) is 32.5 Å². The maximum absolute atomic E-state index is 12.5. The van der Waals surface area contributed by atoms with Crippen LogP contribution in [0.4, 0.5) is 0 Å². The fraction of sp³-hybridized carbons (Fsp3) is 0.938. The van der Waals surface area contributed by atoms with Crippen LogP contribution in [0.25, 0.3) is 0 Å². The minimum Gasteiger partial charge on any atom is -0.341 e. The highest BCUT2D eigenvalue weighted by molar-refractivity contribution is 5.76. The molecule has 20 heavy (non-hydrogen) atoms. The summed E-state index contributed by atoms with van der Waals surface area (Å²) in [5.41, 5.74) is 6.35. The summed E-state index contributed by atoms with van der Waals surface area (Å²) in [6, 6.07) is 0.589. The number of hydrogen-bond donors (Lipinski definition) is 1. The van der Waals surface area contributed by atoms with Gasteiger partial charge in [0.05, 0.1) is 0 Å². The number of fused-ring (bicyclic) bond motifs is 1. The summed E-state index contributed by atoms with van der Waals surface area (Å²) >= 11 is 0. The molecule has 116 valence electrons. The van der Waals surface area contributed by atoms with Gasteiger partial charge in [-0.05, 0) is 37.6 Å². The Bertz CT molecular complexity index is 337. The molecule has 2 rings (SSSR count). The van der Waals surface area contributed by atoms with Gasteiger partial charge in [0.1, 0.15) is 0 Å². The molecule has 2 fully saturated rings. The molecule has 0 spiro atoms. The molecule has 1 amide bonds. The Hall–Kier alpha value is -0.610. The van der Waals surface area contributed by atoms with Crippen molar-refractivity contribution >= 4 is 5.91 Å². The van der Waals surface area contributed by atoms with Crippen LogP contribution in [0.15, 0.2) is 0 Å². The van der Waals surface area contributed by atoms with E-state index >= 15 is 0 Å². The highest BCUT2D eigenvalue weighted by Crippen LogP contribution is 2.24. The lowest BCUT2D eigenvalue weighted by Crippen LogP contribution is -2.42. The molecule has 0 aliphatic carbocycles. The normalized spacial score (nSPS) is 26.2. The molecule has 0 radical (unpaired) electrons. The maximum atomic E-state index is 12.5. The average molecular weight is 281 g/mol. The van der Waals surface area contributed by atoms with Gasteiger partial charge in [-0.15, -0.1) is 0 Å². The molecule has 2 N–H and O–H groups in total. The number of amides is 1. The zero-order chi connectivity index (χ0) is 14.8. The Morgan fingerprint density at radius 3 is 2.65 bits per heavy atom. The van der Waals surface area contributed by atoms with Gasteiger partial charge in [0.2, 0.25) is 5.91 Å². The molecule has 0 aromatic rings. The predicted octanol–water partition coefficient (Wildman–Crippen LogP) is 1.84. The minimum atomic E-state index is -0.00886. The molecule has 0 aromatic carbocycles. The van der Waals surface area contributed by atoms with Crippen molar-refractivity contribution in [3.05, 3.63) is 0 Å². The number of carbonyl (C=O) groups is 1. The summed E-state index contributed by atoms with van der Waals surface area (Å²) in [7, 11) is 0. The van der Waals surface area contributed by atoms with E-state index in [2.05, 4.69) is 30.6 Å². The van der Waals surface area contributed by atoms with Gasteiger partial charge in [-0.2, -0.15) is 0 Å². The maximum Gasteiger partial charge on any atom is 0.224 e. The second-order valence-electron chi connectivity index (χ2n) is 7.75. The van der Waals surface area contributed by atoms with Crippen LogP contribution < -0.4 is 5.73 Å². The van der Waals surface area contributed by atoms with E-state index in [1.54, 1.807) is 0 Å². The van der Waals surface area contributed by atoms with E-state index in [-0.39, 0.29) is 17.4 Å². The molecule has 0 bridgehead atoms. The summed E-state index contributed by atoms with van der Waals surface area (Å²) in [6.07, 6.45) is 5.05. The summed E-state index contributed by atoms with van der Waals surface area (Å²) < 4.78 is 0. The SMILES string of the molecule is CC(C)(C)CC(N)CC(=O)N1CCCN2CCCC2C1. The summed E-state index contributed by atoms with van der Waals surface area (Å²) in [6.45, 7) is 10.7. The Balaban J connectivity index is 1.85. The Kier molecular flexibility index (Phi) is 5.08. The lowest BCUT2D eigenvalue weighted by Gasteiger charge is -2.28. The third-order valence-corrected chi connectivity index (χ3v) is 4.47. The van der Waals surface area contributed by atoms with Crippen LogP contribution in [-0.4, -0.2) is 54.0 Å². The van der Waals surface area contributed by atoms with Gasteiger partial charge >= 0.3 is 0 Å². The fourth-order valence-electron chi connectivity index (χ4n) is 3.65.